The summed E-state index contributed by atoms with van der Waals surface area (Å²) in [5.41, 5.74) is 6.27. The van der Waals surface area contributed by atoms with E-state index in [9.17, 15) is 0 Å². The predicted octanol–water partition coefficient (Wildman–Crippen LogP) is 3.77. The molecule has 0 bridgehead atoms. The van der Waals surface area contributed by atoms with Gasteiger partial charge in [-0.2, -0.15) is 5.48 Å². The van der Waals surface area contributed by atoms with Crippen molar-refractivity contribution in [2.45, 2.75) is 57.1 Å². The lowest BCUT2D eigenvalue weighted by atomic mass is 9.89. The summed E-state index contributed by atoms with van der Waals surface area (Å²) in [6, 6.07) is 7.12. The summed E-state index contributed by atoms with van der Waals surface area (Å²) < 4.78 is 1.19. The molecule has 1 unspecified atom stereocenters. The molecule has 18 heavy (non-hydrogen) atoms. The lowest BCUT2D eigenvalue weighted by molar-refractivity contribution is -0.0422. The Hall–Kier alpha value is -0.380. The molecule has 0 heterocycles. The first kappa shape index (κ1) is 12.6. The molecule has 2 nitrogen and oxygen atoms in total. The van der Waals surface area contributed by atoms with Gasteiger partial charge in [0.25, 0.3) is 0 Å². The zero-order valence-electron chi connectivity index (χ0n) is 10.6. The molecule has 1 saturated carbocycles. The third-order valence-corrected chi connectivity index (χ3v) is 4.59. The summed E-state index contributed by atoms with van der Waals surface area (Å²) in [5, 5.41) is 0. The van der Waals surface area contributed by atoms with Gasteiger partial charge in [0.15, 0.2) is 0 Å². The summed E-state index contributed by atoms with van der Waals surface area (Å²) in [4.78, 5) is 5.82. The largest absolute Gasteiger partial charge is 0.298 e. The first-order valence-electron chi connectivity index (χ1n) is 7.00. The van der Waals surface area contributed by atoms with Gasteiger partial charge in [0.05, 0.1) is 6.10 Å². The normalized spacial score (nSPS) is 24.2. The second-order valence-corrected chi connectivity index (χ2v) is 6.41. The van der Waals surface area contributed by atoms with Crippen LogP contribution in [-0.4, -0.2) is 12.1 Å². The van der Waals surface area contributed by atoms with Crippen molar-refractivity contribution in [3.63, 3.8) is 0 Å². The third kappa shape index (κ3) is 2.95. The van der Waals surface area contributed by atoms with Crippen molar-refractivity contribution >= 4 is 15.9 Å². The summed E-state index contributed by atoms with van der Waals surface area (Å²) in [6.07, 6.45) is 8.98. The fourth-order valence-corrected chi connectivity index (χ4v) is 3.43. The van der Waals surface area contributed by atoms with E-state index in [2.05, 4.69) is 39.6 Å². The second kappa shape index (κ2) is 5.72. The first-order chi connectivity index (χ1) is 8.81. The van der Waals surface area contributed by atoms with Gasteiger partial charge in [-0.1, -0.05) is 34.8 Å². The van der Waals surface area contributed by atoms with Crippen LogP contribution in [0.4, 0.5) is 0 Å². The van der Waals surface area contributed by atoms with Gasteiger partial charge < -0.3 is 0 Å². The lowest BCUT2D eigenvalue weighted by Gasteiger charge is -2.26. The molecule has 1 fully saturated rings. The van der Waals surface area contributed by atoms with E-state index in [1.807, 2.05) is 0 Å². The second-order valence-electron chi connectivity index (χ2n) is 5.49. The van der Waals surface area contributed by atoms with Crippen LogP contribution in [0.3, 0.4) is 0 Å². The van der Waals surface area contributed by atoms with Gasteiger partial charge in [0.2, 0.25) is 0 Å². The quantitative estimate of drug-likeness (QED) is 0.858. The Labute approximate surface area is 117 Å². The van der Waals surface area contributed by atoms with E-state index in [1.54, 1.807) is 0 Å². The Morgan fingerprint density at radius 3 is 2.78 bits per heavy atom. The maximum atomic E-state index is 5.82. The summed E-state index contributed by atoms with van der Waals surface area (Å²) >= 11 is 3.54. The number of aryl methyl sites for hydroxylation is 1. The maximum Gasteiger partial charge on any atom is 0.0790 e. The van der Waals surface area contributed by atoms with Crippen LogP contribution >= 0.6 is 15.9 Å². The van der Waals surface area contributed by atoms with Gasteiger partial charge >= 0.3 is 0 Å². The Balaban J connectivity index is 1.55. The minimum absolute atomic E-state index is 0.455. The average molecular weight is 310 g/mol. The van der Waals surface area contributed by atoms with Gasteiger partial charge in [-0.15, -0.1) is 0 Å². The topological polar surface area (TPSA) is 21.3 Å². The smallest absolute Gasteiger partial charge is 0.0790 e. The van der Waals surface area contributed by atoms with Crippen molar-refractivity contribution in [2.24, 2.45) is 0 Å². The van der Waals surface area contributed by atoms with Crippen LogP contribution < -0.4 is 5.48 Å². The number of hydroxylamine groups is 1. The Bertz CT molecular complexity index is 415. The molecule has 0 aromatic heterocycles. The minimum atomic E-state index is 0.455. The molecule has 0 radical (unpaired) electrons. The maximum absolute atomic E-state index is 5.82. The van der Waals surface area contributed by atoms with E-state index in [0.717, 1.165) is 12.8 Å². The number of nitrogens with one attached hydrogen (secondary N) is 1. The molecule has 0 aliphatic heterocycles. The summed E-state index contributed by atoms with van der Waals surface area (Å²) in [6.45, 7) is 0. The highest BCUT2D eigenvalue weighted by Gasteiger charge is 2.21. The summed E-state index contributed by atoms with van der Waals surface area (Å²) in [7, 11) is 0. The SMILES string of the molecule is Brc1ccc2c(c1)CCC(NOC1CCCC1)C2. The monoisotopic (exact) mass is 309 g/mol. The standard InChI is InChI=1S/C15H20BrNO/c16-13-7-5-12-10-14(8-6-11(12)9-13)17-18-15-3-1-2-4-15/h5,7,9,14-15,17H,1-4,6,8,10H2. The van der Waals surface area contributed by atoms with Crippen LogP contribution in [0.5, 0.6) is 0 Å². The highest BCUT2D eigenvalue weighted by Crippen LogP contribution is 2.25. The van der Waals surface area contributed by atoms with E-state index in [1.165, 1.54) is 47.7 Å². The molecule has 1 N–H and O–H groups in total. The molecule has 2 aliphatic rings. The molecule has 1 aromatic rings. The van der Waals surface area contributed by atoms with E-state index >= 15 is 0 Å². The van der Waals surface area contributed by atoms with Crippen LogP contribution in [0.2, 0.25) is 0 Å². The molecule has 1 aromatic carbocycles. The van der Waals surface area contributed by atoms with Crippen molar-refractivity contribution in [3.8, 4) is 0 Å². The number of hydrogen-bond donors (Lipinski definition) is 1. The first-order valence-corrected chi connectivity index (χ1v) is 7.79. The van der Waals surface area contributed by atoms with Gasteiger partial charge in [-0.05, 0) is 55.4 Å². The van der Waals surface area contributed by atoms with E-state index in [-0.39, 0.29) is 0 Å². The number of rotatable bonds is 3. The Kier molecular flexibility index (Phi) is 4.02. The number of fused-ring (bicyclic) bond motifs is 1. The third-order valence-electron chi connectivity index (χ3n) is 4.10. The number of benzene rings is 1. The Morgan fingerprint density at radius 2 is 1.94 bits per heavy atom. The number of hydrogen-bond acceptors (Lipinski definition) is 2. The molecule has 3 heteroatoms. The molecule has 1 atom stereocenters. The van der Waals surface area contributed by atoms with Crippen LogP contribution in [0, 0.1) is 0 Å². The molecule has 2 aliphatic carbocycles. The minimum Gasteiger partial charge on any atom is -0.298 e. The Morgan fingerprint density at radius 1 is 1.11 bits per heavy atom. The fraction of sp³-hybridized carbons (Fsp3) is 0.600. The van der Waals surface area contributed by atoms with E-state index in [0.29, 0.717) is 12.1 Å². The number of halogens is 1. The lowest BCUT2D eigenvalue weighted by Crippen LogP contribution is -2.36. The molecule has 0 spiro atoms. The van der Waals surface area contributed by atoms with Gasteiger partial charge in [0, 0.05) is 10.5 Å². The van der Waals surface area contributed by atoms with Crippen molar-refractivity contribution < 1.29 is 4.84 Å². The molecule has 0 saturated heterocycles. The summed E-state index contributed by atoms with van der Waals surface area (Å²) in [5.74, 6) is 0. The van der Waals surface area contributed by atoms with E-state index in [4.69, 9.17) is 4.84 Å². The molecule has 3 rings (SSSR count). The highest BCUT2D eigenvalue weighted by molar-refractivity contribution is 9.10. The fourth-order valence-electron chi connectivity index (χ4n) is 3.02. The molecule has 0 amide bonds. The van der Waals surface area contributed by atoms with Crippen molar-refractivity contribution in [1.82, 2.24) is 5.48 Å². The highest BCUT2D eigenvalue weighted by atomic mass is 79.9. The van der Waals surface area contributed by atoms with Crippen LogP contribution in [-0.2, 0) is 17.7 Å². The van der Waals surface area contributed by atoms with Gasteiger partial charge in [-0.3, -0.25) is 4.84 Å². The average Bonchev–Trinajstić information content (AvgIpc) is 2.89. The van der Waals surface area contributed by atoms with E-state index < -0.39 is 0 Å². The van der Waals surface area contributed by atoms with Gasteiger partial charge in [-0.25, -0.2) is 0 Å². The van der Waals surface area contributed by atoms with Crippen LogP contribution in [0.25, 0.3) is 0 Å². The van der Waals surface area contributed by atoms with Crippen molar-refractivity contribution in [2.75, 3.05) is 0 Å². The van der Waals surface area contributed by atoms with Crippen LogP contribution in [0.15, 0.2) is 22.7 Å². The molecule has 98 valence electrons. The zero-order chi connectivity index (χ0) is 12.4. The predicted molar refractivity (Wildman–Crippen MR) is 76.4 cm³/mol. The zero-order valence-corrected chi connectivity index (χ0v) is 12.2. The van der Waals surface area contributed by atoms with Gasteiger partial charge in [0.1, 0.15) is 0 Å². The van der Waals surface area contributed by atoms with Crippen LogP contribution in [0.1, 0.15) is 43.2 Å². The van der Waals surface area contributed by atoms with Crippen molar-refractivity contribution in [3.05, 3.63) is 33.8 Å². The van der Waals surface area contributed by atoms with Crippen molar-refractivity contribution in [1.29, 1.82) is 0 Å². The molecular formula is C15H20BrNO. The molecular weight excluding hydrogens is 290 g/mol.